The predicted molar refractivity (Wildman–Crippen MR) is 55.6 cm³/mol. The number of hydrogen-bond donors (Lipinski definition) is 1. The Bertz CT molecular complexity index is 516. The molecule has 0 aliphatic rings. The molecule has 0 unspecified atom stereocenters. The van der Waals surface area contributed by atoms with Crippen LogP contribution in [0, 0.1) is 0 Å². The van der Waals surface area contributed by atoms with Crippen molar-refractivity contribution >= 4 is 28.4 Å². The van der Waals surface area contributed by atoms with Crippen LogP contribution in [0.3, 0.4) is 0 Å². The first-order valence-corrected chi connectivity index (χ1v) is 4.40. The van der Waals surface area contributed by atoms with Gasteiger partial charge in [-0.3, -0.25) is 4.79 Å². The summed E-state index contributed by atoms with van der Waals surface area (Å²) in [6.45, 7) is 3.43. The fourth-order valence-corrected chi connectivity index (χ4v) is 1.57. The average Bonchev–Trinajstić information content (AvgIpc) is 2.62. The highest BCUT2D eigenvalue weighted by Crippen LogP contribution is 2.25. The summed E-state index contributed by atoms with van der Waals surface area (Å²) in [4.78, 5) is 18.3. The molecule has 0 bridgehead atoms. The van der Waals surface area contributed by atoms with E-state index in [4.69, 9.17) is 11.6 Å². The fraction of sp³-hybridized carbons (Fsp3) is 0. The highest BCUT2D eigenvalue weighted by Gasteiger charge is 2.12. The maximum atomic E-state index is 11.4. The van der Waals surface area contributed by atoms with E-state index >= 15 is 0 Å². The van der Waals surface area contributed by atoms with E-state index in [1.54, 1.807) is 18.5 Å². The zero-order valence-electron chi connectivity index (χ0n) is 7.25. The van der Waals surface area contributed by atoms with Gasteiger partial charge in [-0.2, -0.15) is 0 Å². The second kappa shape index (κ2) is 3.27. The van der Waals surface area contributed by atoms with Gasteiger partial charge in [0.25, 0.3) is 0 Å². The van der Waals surface area contributed by atoms with E-state index in [9.17, 15) is 4.79 Å². The number of allylic oxidation sites excluding steroid dienone is 1. The molecule has 2 rings (SSSR count). The summed E-state index contributed by atoms with van der Waals surface area (Å²) in [7, 11) is 0. The Hall–Kier alpha value is -1.61. The molecule has 0 atom stereocenters. The third kappa shape index (κ3) is 1.22. The molecule has 0 aromatic carbocycles. The summed E-state index contributed by atoms with van der Waals surface area (Å²) in [5.74, 6) is -0.161. The van der Waals surface area contributed by atoms with Crippen LogP contribution < -0.4 is 0 Å². The smallest absolute Gasteiger partial charge is 0.187 e. The summed E-state index contributed by atoms with van der Waals surface area (Å²) < 4.78 is 0. The molecule has 0 spiro atoms. The van der Waals surface area contributed by atoms with Crippen molar-refractivity contribution in [2.24, 2.45) is 0 Å². The van der Waals surface area contributed by atoms with E-state index < -0.39 is 0 Å². The molecule has 0 fully saturated rings. The second-order valence-corrected chi connectivity index (χ2v) is 3.19. The van der Waals surface area contributed by atoms with E-state index in [1.807, 2.05) is 0 Å². The van der Waals surface area contributed by atoms with Gasteiger partial charge in [0.05, 0.1) is 10.6 Å². The number of H-pyrrole nitrogens is 1. The molecule has 0 aliphatic heterocycles. The standard InChI is InChI=1S/C10H7ClN2O/c1-2-8(14)6-5-13-10-9(6)7(11)3-4-12-10/h2-5H,1H2,(H,12,13). The molecule has 2 aromatic heterocycles. The number of aromatic amines is 1. The maximum absolute atomic E-state index is 11.4. The number of nitrogens with zero attached hydrogens (tertiary/aromatic N) is 1. The van der Waals surface area contributed by atoms with Crippen LogP contribution >= 0.6 is 11.6 Å². The lowest BCUT2D eigenvalue weighted by atomic mass is 10.1. The van der Waals surface area contributed by atoms with Gasteiger partial charge in [0.2, 0.25) is 0 Å². The Balaban J connectivity index is 2.79. The van der Waals surface area contributed by atoms with Crippen molar-refractivity contribution in [2.45, 2.75) is 0 Å². The normalized spacial score (nSPS) is 10.4. The third-order valence-electron chi connectivity index (χ3n) is 1.97. The summed E-state index contributed by atoms with van der Waals surface area (Å²) in [5, 5.41) is 1.17. The Morgan fingerprint density at radius 1 is 1.64 bits per heavy atom. The number of pyridine rings is 1. The van der Waals surface area contributed by atoms with E-state index in [0.29, 0.717) is 21.6 Å². The number of ketones is 1. The monoisotopic (exact) mass is 206 g/mol. The third-order valence-corrected chi connectivity index (χ3v) is 2.29. The maximum Gasteiger partial charge on any atom is 0.187 e. The van der Waals surface area contributed by atoms with E-state index in [0.717, 1.165) is 0 Å². The summed E-state index contributed by atoms with van der Waals surface area (Å²) in [5.41, 5.74) is 1.12. The Morgan fingerprint density at radius 2 is 2.43 bits per heavy atom. The number of carbonyl (C=O) groups excluding carboxylic acids is 1. The molecule has 0 aliphatic carbocycles. The fourth-order valence-electron chi connectivity index (χ4n) is 1.32. The SMILES string of the molecule is C=CC(=O)c1c[nH]c2nccc(Cl)c12. The van der Waals surface area contributed by atoms with Crippen molar-refractivity contribution in [3.8, 4) is 0 Å². The molecule has 0 amide bonds. The number of halogens is 1. The molecule has 1 N–H and O–H groups in total. The average molecular weight is 207 g/mol. The van der Waals surface area contributed by atoms with Crippen molar-refractivity contribution in [3.63, 3.8) is 0 Å². The second-order valence-electron chi connectivity index (χ2n) is 2.79. The van der Waals surface area contributed by atoms with Crippen molar-refractivity contribution in [2.75, 3.05) is 0 Å². The molecule has 70 valence electrons. The van der Waals surface area contributed by atoms with Crippen LogP contribution in [0.4, 0.5) is 0 Å². The minimum Gasteiger partial charge on any atom is -0.345 e. The zero-order chi connectivity index (χ0) is 10.1. The zero-order valence-corrected chi connectivity index (χ0v) is 8.01. The molecule has 0 saturated heterocycles. The molecule has 2 heterocycles. The van der Waals surface area contributed by atoms with E-state index in [2.05, 4.69) is 16.5 Å². The number of carbonyl (C=O) groups is 1. The number of aromatic nitrogens is 2. The number of hydrogen-bond acceptors (Lipinski definition) is 2. The van der Waals surface area contributed by atoms with Crippen LogP contribution in [0.5, 0.6) is 0 Å². The van der Waals surface area contributed by atoms with Crippen LogP contribution in [-0.2, 0) is 0 Å². The molecule has 14 heavy (non-hydrogen) atoms. The first-order chi connectivity index (χ1) is 6.74. The van der Waals surface area contributed by atoms with Gasteiger partial charge in [-0.25, -0.2) is 4.98 Å². The van der Waals surface area contributed by atoms with Crippen LogP contribution in [0.2, 0.25) is 5.02 Å². The van der Waals surface area contributed by atoms with Crippen molar-refractivity contribution in [3.05, 3.63) is 41.7 Å². The van der Waals surface area contributed by atoms with Gasteiger partial charge in [-0.1, -0.05) is 18.2 Å². The van der Waals surface area contributed by atoms with Gasteiger partial charge in [-0.05, 0) is 12.1 Å². The molecular formula is C10H7ClN2O. The van der Waals surface area contributed by atoms with Gasteiger partial charge in [0, 0.05) is 17.8 Å². The Labute approximate surface area is 85.4 Å². The quantitative estimate of drug-likeness (QED) is 0.607. The Kier molecular flexibility index (Phi) is 2.09. The molecular weight excluding hydrogens is 200 g/mol. The molecule has 3 nitrogen and oxygen atoms in total. The van der Waals surface area contributed by atoms with Gasteiger partial charge < -0.3 is 4.98 Å². The number of fused-ring (bicyclic) bond motifs is 1. The lowest BCUT2D eigenvalue weighted by Crippen LogP contribution is -1.91. The molecule has 0 radical (unpaired) electrons. The summed E-state index contributed by atoms with van der Waals surface area (Å²) >= 11 is 5.96. The summed E-state index contributed by atoms with van der Waals surface area (Å²) in [6.07, 6.45) is 4.43. The van der Waals surface area contributed by atoms with Crippen LogP contribution in [0.25, 0.3) is 11.0 Å². The number of rotatable bonds is 2. The van der Waals surface area contributed by atoms with Crippen molar-refractivity contribution in [1.29, 1.82) is 0 Å². The molecule has 2 aromatic rings. The molecule has 0 saturated carbocycles. The highest BCUT2D eigenvalue weighted by molar-refractivity contribution is 6.36. The minimum atomic E-state index is -0.161. The predicted octanol–water partition coefficient (Wildman–Crippen LogP) is 2.59. The van der Waals surface area contributed by atoms with Crippen molar-refractivity contribution in [1.82, 2.24) is 9.97 Å². The highest BCUT2D eigenvalue weighted by atomic mass is 35.5. The minimum absolute atomic E-state index is 0.161. The van der Waals surface area contributed by atoms with Crippen LogP contribution in [0.1, 0.15) is 10.4 Å². The Morgan fingerprint density at radius 3 is 3.14 bits per heavy atom. The summed E-state index contributed by atoms with van der Waals surface area (Å²) in [6, 6.07) is 1.65. The number of nitrogens with one attached hydrogen (secondary N) is 1. The first-order valence-electron chi connectivity index (χ1n) is 4.02. The van der Waals surface area contributed by atoms with E-state index in [1.165, 1.54) is 6.08 Å². The van der Waals surface area contributed by atoms with Crippen molar-refractivity contribution < 1.29 is 4.79 Å². The topological polar surface area (TPSA) is 45.8 Å². The largest absolute Gasteiger partial charge is 0.345 e. The van der Waals surface area contributed by atoms with Gasteiger partial charge in [-0.15, -0.1) is 0 Å². The lowest BCUT2D eigenvalue weighted by Gasteiger charge is -1.95. The van der Waals surface area contributed by atoms with Crippen LogP contribution in [0.15, 0.2) is 31.1 Å². The van der Waals surface area contributed by atoms with Gasteiger partial charge in [0.15, 0.2) is 5.78 Å². The lowest BCUT2D eigenvalue weighted by molar-refractivity contribution is 0.104. The van der Waals surface area contributed by atoms with Gasteiger partial charge >= 0.3 is 0 Å². The van der Waals surface area contributed by atoms with Gasteiger partial charge in [0.1, 0.15) is 5.65 Å². The van der Waals surface area contributed by atoms with Crippen LogP contribution in [-0.4, -0.2) is 15.8 Å². The first kappa shape index (κ1) is 8.97. The molecule has 4 heteroatoms. The van der Waals surface area contributed by atoms with E-state index in [-0.39, 0.29) is 5.78 Å².